The highest BCUT2D eigenvalue weighted by molar-refractivity contribution is 5.19. The predicted molar refractivity (Wildman–Crippen MR) is 91.8 cm³/mol. The molecular weight excluding hydrogens is 272 g/mol. The van der Waals surface area contributed by atoms with Gasteiger partial charge in [0.25, 0.3) is 0 Å². The minimum absolute atomic E-state index is 0.0285. The van der Waals surface area contributed by atoms with Crippen LogP contribution in [-0.2, 0) is 12.1 Å². The van der Waals surface area contributed by atoms with E-state index in [9.17, 15) is 0 Å². The summed E-state index contributed by atoms with van der Waals surface area (Å²) < 4.78 is 2.02. The van der Waals surface area contributed by atoms with Crippen molar-refractivity contribution in [2.24, 2.45) is 0 Å². The van der Waals surface area contributed by atoms with E-state index < -0.39 is 0 Å². The summed E-state index contributed by atoms with van der Waals surface area (Å²) >= 11 is 0. The Balaban J connectivity index is 2.04. The molecule has 1 N–H and O–H groups in total. The summed E-state index contributed by atoms with van der Waals surface area (Å²) in [4.78, 5) is 2.21. The molecule has 1 heterocycles. The van der Waals surface area contributed by atoms with E-state index in [4.69, 9.17) is 0 Å². The van der Waals surface area contributed by atoms with E-state index in [0.717, 1.165) is 13.1 Å². The van der Waals surface area contributed by atoms with Gasteiger partial charge in [-0.15, -0.1) is 0 Å². The van der Waals surface area contributed by atoms with Gasteiger partial charge in [0.05, 0.1) is 11.7 Å². The zero-order valence-electron chi connectivity index (χ0n) is 14.4. The third-order valence-corrected chi connectivity index (χ3v) is 3.63. The predicted octanol–water partition coefficient (Wildman–Crippen LogP) is 3.03. The molecule has 2 rings (SSSR count). The molecule has 1 unspecified atom stereocenters. The lowest BCUT2D eigenvalue weighted by Gasteiger charge is -2.23. The van der Waals surface area contributed by atoms with Gasteiger partial charge in [0.1, 0.15) is 0 Å². The smallest absolute Gasteiger partial charge is 0.0543 e. The second-order valence-corrected chi connectivity index (χ2v) is 7.07. The van der Waals surface area contributed by atoms with Crippen molar-refractivity contribution in [1.29, 1.82) is 0 Å². The molecule has 0 aliphatic heterocycles. The summed E-state index contributed by atoms with van der Waals surface area (Å²) in [5, 5.41) is 8.12. The Morgan fingerprint density at radius 2 is 1.86 bits per heavy atom. The van der Waals surface area contributed by atoms with Gasteiger partial charge in [0.2, 0.25) is 0 Å². The Morgan fingerprint density at radius 1 is 1.18 bits per heavy atom. The Hall–Kier alpha value is -1.65. The first-order valence-corrected chi connectivity index (χ1v) is 7.83. The molecule has 0 radical (unpaired) electrons. The van der Waals surface area contributed by atoms with Crippen LogP contribution in [0.1, 0.15) is 37.9 Å². The van der Waals surface area contributed by atoms with E-state index in [1.807, 2.05) is 10.9 Å². The lowest BCUT2D eigenvalue weighted by molar-refractivity contribution is 0.340. The molecule has 120 valence electrons. The van der Waals surface area contributed by atoms with Crippen LogP contribution in [0.25, 0.3) is 0 Å². The van der Waals surface area contributed by atoms with Crippen molar-refractivity contribution in [3.63, 3.8) is 0 Å². The van der Waals surface area contributed by atoms with E-state index in [2.05, 4.69) is 86.7 Å². The van der Waals surface area contributed by atoms with Crippen molar-refractivity contribution in [1.82, 2.24) is 20.0 Å². The maximum Gasteiger partial charge on any atom is 0.0543 e. The standard InChI is InChI=1S/C18H28N4/c1-18(2,3)22-13-15(12-20-22)11-19-17(14-21(4)5)16-9-7-6-8-10-16/h6-10,12-13,17,19H,11,14H2,1-5H3. The third-order valence-electron chi connectivity index (χ3n) is 3.63. The molecule has 4 heteroatoms. The summed E-state index contributed by atoms with van der Waals surface area (Å²) in [5.41, 5.74) is 2.56. The van der Waals surface area contributed by atoms with Crippen LogP contribution >= 0.6 is 0 Å². The first kappa shape index (κ1) is 16.7. The van der Waals surface area contributed by atoms with E-state index in [1.165, 1.54) is 11.1 Å². The second kappa shape index (κ2) is 7.07. The Morgan fingerprint density at radius 3 is 2.41 bits per heavy atom. The van der Waals surface area contributed by atoms with Crippen molar-refractivity contribution in [3.8, 4) is 0 Å². The number of rotatable bonds is 6. The van der Waals surface area contributed by atoms with Gasteiger partial charge >= 0.3 is 0 Å². The summed E-state index contributed by atoms with van der Waals surface area (Å²) in [7, 11) is 4.21. The largest absolute Gasteiger partial charge is 0.308 e. The highest BCUT2D eigenvalue weighted by Gasteiger charge is 2.15. The topological polar surface area (TPSA) is 33.1 Å². The van der Waals surface area contributed by atoms with Gasteiger partial charge in [-0.3, -0.25) is 4.68 Å². The van der Waals surface area contributed by atoms with Crippen molar-refractivity contribution in [2.45, 2.75) is 38.9 Å². The van der Waals surface area contributed by atoms with Gasteiger partial charge in [-0.2, -0.15) is 5.10 Å². The summed E-state index contributed by atoms with van der Waals surface area (Å²) in [6.45, 7) is 8.28. The van der Waals surface area contributed by atoms with E-state index in [-0.39, 0.29) is 5.54 Å². The van der Waals surface area contributed by atoms with Crippen LogP contribution in [0, 0.1) is 0 Å². The molecular formula is C18H28N4. The van der Waals surface area contributed by atoms with Crippen LogP contribution in [-0.4, -0.2) is 35.3 Å². The molecule has 4 nitrogen and oxygen atoms in total. The Bertz CT molecular complexity index is 566. The molecule has 0 aliphatic carbocycles. The van der Waals surface area contributed by atoms with Crippen molar-refractivity contribution in [2.75, 3.05) is 20.6 Å². The molecule has 1 aromatic carbocycles. The van der Waals surface area contributed by atoms with E-state index in [1.54, 1.807) is 0 Å². The number of hydrogen-bond acceptors (Lipinski definition) is 3. The van der Waals surface area contributed by atoms with E-state index in [0.29, 0.717) is 6.04 Å². The van der Waals surface area contributed by atoms with Crippen molar-refractivity contribution < 1.29 is 0 Å². The van der Waals surface area contributed by atoms with Gasteiger partial charge in [0.15, 0.2) is 0 Å². The molecule has 0 spiro atoms. The summed E-state index contributed by atoms with van der Waals surface area (Å²) in [6, 6.07) is 10.9. The van der Waals surface area contributed by atoms with Crippen LogP contribution in [0.5, 0.6) is 0 Å². The zero-order chi connectivity index (χ0) is 16.2. The first-order valence-electron chi connectivity index (χ1n) is 7.83. The molecule has 0 bridgehead atoms. The SMILES string of the molecule is CN(C)CC(NCc1cnn(C(C)(C)C)c1)c1ccccc1. The molecule has 1 aromatic heterocycles. The summed E-state index contributed by atoms with van der Waals surface area (Å²) in [5.74, 6) is 0. The fourth-order valence-electron chi connectivity index (χ4n) is 2.40. The number of nitrogens with one attached hydrogen (secondary N) is 1. The minimum Gasteiger partial charge on any atom is -0.308 e. The fraction of sp³-hybridized carbons (Fsp3) is 0.500. The zero-order valence-corrected chi connectivity index (χ0v) is 14.4. The van der Waals surface area contributed by atoms with Gasteiger partial charge < -0.3 is 10.2 Å². The quantitative estimate of drug-likeness (QED) is 0.890. The monoisotopic (exact) mass is 300 g/mol. The number of hydrogen-bond donors (Lipinski definition) is 1. The molecule has 2 aromatic rings. The van der Waals surface area contributed by atoms with Crippen molar-refractivity contribution >= 4 is 0 Å². The molecule has 0 fully saturated rings. The molecule has 0 saturated heterocycles. The normalized spacial score (nSPS) is 13.5. The van der Waals surface area contributed by atoms with Crippen LogP contribution < -0.4 is 5.32 Å². The van der Waals surface area contributed by atoms with E-state index >= 15 is 0 Å². The maximum absolute atomic E-state index is 4.47. The minimum atomic E-state index is 0.0285. The number of likely N-dealkylation sites (N-methyl/N-ethyl adjacent to an activating group) is 1. The molecule has 22 heavy (non-hydrogen) atoms. The number of aromatic nitrogens is 2. The van der Waals surface area contributed by atoms with Crippen molar-refractivity contribution in [3.05, 3.63) is 53.9 Å². The molecule has 1 atom stereocenters. The maximum atomic E-state index is 4.47. The van der Waals surface area contributed by atoms with Gasteiger partial charge in [-0.25, -0.2) is 0 Å². The molecule has 0 aliphatic rings. The number of nitrogens with zero attached hydrogens (tertiary/aromatic N) is 3. The van der Waals surface area contributed by atoms with Crippen LogP contribution in [0.2, 0.25) is 0 Å². The van der Waals surface area contributed by atoms with Gasteiger partial charge in [-0.05, 0) is 40.4 Å². The summed E-state index contributed by atoms with van der Waals surface area (Å²) in [6.07, 6.45) is 4.08. The highest BCUT2D eigenvalue weighted by atomic mass is 15.3. The number of benzene rings is 1. The Kier molecular flexibility index (Phi) is 5.37. The molecule has 0 amide bonds. The lowest BCUT2D eigenvalue weighted by Crippen LogP contribution is -2.30. The molecule has 0 saturated carbocycles. The van der Waals surface area contributed by atoms with Crippen LogP contribution in [0.4, 0.5) is 0 Å². The Labute approximate surface area is 134 Å². The highest BCUT2D eigenvalue weighted by Crippen LogP contribution is 2.16. The van der Waals surface area contributed by atoms with Gasteiger partial charge in [0, 0.05) is 30.9 Å². The van der Waals surface area contributed by atoms with Crippen LogP contribution in [0.15, 0.2) is 42.7 Å². The third kappa shape index (κ3) is 4.68. The fourth-order valence-corrected chi connectivity index (χ4v) is 2.40. The van der Waals surface area contributed by atoms with Crippen LogP contribution in [0.3, 0.4) is 0 Å². The first-order chi connectivity index (χ1) is 10.4. The second-order valence-electron chi connectivity index (χ2n) is 7.07. The lowest BCUT2D eigenvalue weighted by atomic mass is 10.1. The van der Waals surface area contributed by atoms with Gasteiger partial charge in [-0.1, -0.05) is 30.3 Å². The average molecular weight is 300 g/mol. The average Bonchev–Trinajstić information content (AvgIpc) is 2.93.